The van der Waals surface area contributed by atoms with Gasteiger partial charge in [-0.1, -0.05) is 70.4 Å². The lowest BCUT2D eigenvalue weighted by molar-refractivity contribution is 0.119. The second kappa shape index (κ2) is 8.96. The molecule has 0 spiro atoms. The number of unbranched alkanes of at least 4 members (excludes halogenated alkanes) is 7. The molecule has 1 unspecified atom stereocenters. The topological polar surface area (TPSA) is 9.23 Å². The highest BCUT2D eigenvalue weighted by atomic mass is 16.5. The van der Waals surface area contributed by atoms with E-state index in [0.717, 1.165) is 6.61 Å². The fourth-order valence-corrected chi connectivity index (χ4v) is 2.10. The third-order valence-electron chi connectivity index (χ3n) is 3.10. The van der Waals surface area contributed by atoms with Gasteiger partial charge in [-0.3, -0.25) is 0 Å². The zero-order chi connectivity index (χ0) is 10.8. The molecule has 0 aliphatic carbocycles. The Balaban J connectivity index is 1.75. The Morgan fingerprint density at radius 3 is 2.27 bits per heavy atom. The Morgan fingerprint density at radius 1 is 1.00 bits per heavy atom. The molecular weight excluding hydrogens is 184 g/mol. The van der Waals surface area contributed by atoms with Crippen LogP contribution in [-0.2, 0) is 4.74 Å². The zero-order valence-electron chi connectivity index (χ0n) is 10.2. The molecule has 0 saturated carbocycles. The highest BCUT2D eigenvalue weighted by Crippen LogP contribution is 2.14. The average molecular weight is 210 g/mol. The van der Waals surface area contributed by atoms with Crippen molar-refractivity contribution >= 4 is 0 Å². The van der Waals surface area contributed by atoms with Crippen LogP contribution < -0.4 is 0 Å². The van der Waals surface area contributed by atoms with Crippen LogP contribution in [0, 0.1) is 0 Å². The molecule has 0 fully saturated rings. The highest BCUT2D eigenvalue weighted by molar-refractivity contribution is 4.95. The zero-order valence-corrected chi connectivity index (χ0v) is 10.2. The molecule has 0 radical (unpaired) electrons. The van der Waals surface area contributed by atoms with Gasteiger partial charge < -0.3 is 4.74 Å². The maximum atomic E-state index is 5.50. The molecule has 0 aromatic rings. The van der Waals surface area contributed by atoms with E-state index >= 15 is 0 Å². The highest BCUT2D eigenvalue weighted by Gasteiger charge is 2.07. The molecule has 0 bridgehead atoms. The van der Waals surface area contributed by atoms with Crippen LogP contribution in [0.2, 0.25) is 0 Å². The maximum absolute atomic E-state index is 5.50. The van der Waals surface area contributed by atoms with Gasteiger partial charge >= 0.3 is 0 Å². The molecule has 1 aliphatic heterocycles. The molecule has 1 heteroatoms. The Hall–Kier alpha value is -0.300. The van der Waals surface area contributed by atoms with E-state index in [9.17, 15) is 0 Å². The monoisotopic (exact) mass is 210 g/mol. The summed E-state index contributed by atoms with van der Waals surface area (Å²) in [6, 6.07) is 0. The van der Waals surface area contributed by atoms with E-state index in [2.05, 4.69) is 19.1 Å². The molecule has 0 N–H and O–H groups in total. The van der Waals surface area contributed by atoms with Gasteiger partial charge in [-0.25, -0.2) is 0 Å². The summed E-state index contributed by atoms with van der Waals surface area (Å²) in [4.78, 5) is 0. The average Bonchev–Trinajstić information content (AvgIpc) is 2.75. The molecule has 1 atom stereocenters. The molecule has 1 heterocycles. The third kappa shape index (κ3) is 6.72. The van der Waals surface area contributed by atoms with Crippen molar-refractivity contribution in [3.63, 3.8) is 0 Å². The summed E-state index contributed by atoms with van der Waals surface area (Å²) in [5.74, 6) is 0. The summed E-state index contributed by atoms with van der Waals surface area (Å²) in [5.41, 5.74) is 0. The molecule has 0 aromatic heterocycles. The summed E-state index contributed by atoms with van der Waals surface area (Å²) >= 11 is 0. The largest absolute Gasteiger partial charge is 0.370 e. The minimum atomic E-state index is 0.435. The van der Waals surface area contributed by atoms with Crippen LogP contribution in [0.1, 0.15) is 64.7 Å². The van der Waals surface area contributed by atoms with E-state index in [4.69, 9.17) is 4.74 Å². The molecule has 0 amide bonds. The van der Waals surface area contributed by atoms with Gasteiger partial charge in [0, 0.05) is 0 Å². The van der Waals surface area contributed by atoms with Gasteiger partial charge in [0.1, 0.15) is 0 Å². The van der Waals surface area contributed by atoms with Gasteiger partial charge in [0.2, 0.25) is 0 Å². The smallest absolute Gasteiger partial charge is 0.0760 e. The van der Waals surface area contributed by atoms with Crippen molar-refractivity contribution in [1.82, 2.24) is 0 Å². The van der Waals surface area contributed by atoms with E-state index in [1.54, 1.807) is 0 Å². The van der Waals surface area contributed by atoms with Crippen LogP contribution in [0.25, 0.3) is 0 Å². The minimum absolute atomic E-state index is 0.435. The van der Waals surface area contributed by atoms with Crippen molar-refractivity contribution in [1.29, 1.82) is 0 Å². The first kappa shape index (κ1) is 12.8. The molecular formula is C14H26O. The van der Waals surface area contributed by atoms with Crippen LogP contribution in [0.3, 0.4) is 0 Å². The number of hydrogen-bond donors (Lipinski definition) is 0. The second-order valence-corrected chi connectivity index (χ2v) is 4.56. The number of rotatable bonds is 9. The molecule has 1 rings (SSSR count). The molecule has 1 nitrogen and oxygen atoms in total. The van der Waals surface area contributed by atoms with E-state index in [-0.39, 0.29) is 0 Å². The fourth-order valence-electron chi connectivity index (χ4n) is 2.10. The lowest BCUT2D eigenvalue weighted by atomic mass is 10.1. The van der Waals surface area contributed by atoms with E-state index in [1.165, 1.54) is 57.8 Å². The van der Waals surface area contributed by atoms with Crippen molar-refractivity contribution in [3.05, 3.63) is 12.2 Å². The van der Waals surface area contributed by atoms with Crippen molar-refractivity contribution < 1.29 is 4.74 Å². The van der Waals surface area contributed by atoms with Crippen molar-refractivity contribution in [2.24, 2.45) is 0 Å². The minimum Gasteiger partial charge on any atom is -0.370 e. The second-order valence-electron chi connectivity index (χ2n) is 4.56. The lowest BCUT2D eigenvalue weighted by Gasteiger charge is -2.07. The van der Waals surface area contributed by atoms with Gasteiger partial charge in [0.25, 0.3) is 0 Å². The fraction of sp³-hybridized carbons (Fsp3) is 0.857. The summed E-state index contributed by atoms with van der Waals surface area (Å²) in [6.45, 7) is 3.11. The Labute approximate surface area is 94.9 Å². The lowest BCUT2D eigenvalue weighted by Crippen LogP contribution is -2.03. The van der Waals surface area contributed by atoms with Crippen molar-refractivity contribution in [2.75, 3.05) is 6.61 Å². The first-order valence-electron chi connectivity index (χ1n) is 6.71. The summed E-state index contributed by atoms with van der Waals surface area (Å²) < 4.78 is 5.50. The maximum Gasteiger partial charge on any atom is 0.0760 e. The SMILES string of the molecule is CCCCCCCCCCC1C=CCO1. The third-order valence-corrected chi connectivity index (χ3v) is 3.10. The number of hydrogen-bond acceptors (Lipinski definition) is 1. The molecule has 0 aromatic carbocycles. The van der Waals surface area contributed by atoms with Crippen molar-refractivity contribution in [3.8, 4) is 0 Å². The normalized spacial score (nSPS) is 19.9. The van der Waals surface area contributed by atoms with E-state index in [1.807, 2.05) is 0 Å². The molecule has 15 heavy (non-hydrogen) atoms. The van der Waals surface area contributed by atoms with E-state index in [0.29, 0.717) is 6.10 Å². The first-order valence-corrected chi connectivity index (χ1v) is 6.71. The summed E-state index contributed by atoms with van der Waals surface area (Å²) in [6.07, 6.45) is 17.2. The Morgan fingerprint density at radius 2 is 1.67 bits per heavy atom. The van der Waals surface area contributed by atoms with Crippen LogP contribution in [0.5, 0.6) is 0 Å². The number of ether oxygens (including phenoxy) is 1. The predicted octanol–water partition coefficient (Wildman–Crippen LogP) is 4.47. The summed E-state index contributed by atoms with van der Waals surface area (Å²) in [5, 5.41) is 0. The van der Waals surface area contributed by atoms with Gasteiger partial charge in [0.15, 0.2) is 0 Å². The van der Waals surface area contributed by atoms with Gasteiger partial charge in [-0.05, 0) is 6.42 Å². The van der Waals surface area contributed by atoms with Crippen LogP contribution in [0.4, 0.5) is 0 Å². The van der Waals surface area contributed by atoms with Crippen molar-refractivity contribution in [2.45, 2.75) is 70.8 Å². The van der Waals surface area contributed by atoms with Gasteiger partial charge in [0.05, 0.1) is 12.7 Å². The van der Waals surface area contributed by atoms with Gasteiger partial charge in [-0.2, -0.15) is 0 Å². The molecule has 0 saturated heterocycles. The predicted molar refractivity (Wildman–Crippen MR) is 66.1 cm³/mol. The van der Waals surface area contributed by atoms with Gasteiger partial charge in [-0.15, -0.1) is 0 Å². The Bertz CT molecular complexity index is 163. The van der Waals surface area contributed by atoms with Crippen LogP contribution in [-0.4, -0.2) is 12.7 Å². The standard InChI is InChI=1S/C14H26O/c1-2-3-4-5-6-7-8-9-11-14-12-10-13-15-14/h10,12,14H,2-9,11,13H2,1H3. The Kier molecular flexibility index (Phi) is 7.63. The molecule has 1 aliphatic rings. The quantitative estimate of drug-likeness (QED) is 0.403. The van der Waals surface area contributed by atoms with E-state index < -0.39 is 0 Å². The molecule has 88 valence electrons. The first-order chi connectivity index (χ1) is 7.43. The van der Waals surface area contributed by atoms with Crippen LogP contribution in [0.15, 0.2) is 12.2 Å². The van der Waals surface area contributed by atoms with Crippen LogP contribution >= 0.6 is 0 Å². The summed E-state index contributed by atoms with van der Waals surface area (Å²) in [7, 11) is 0.